The van der Waals surface area contributed by atoms with Crippen molar-refractivity contribution in [3.05, 3.63) is 18.0 Å². The van der Waals surface area contributed by atoms with Crippen molar-refractivity contribution in [3.63, 3.8) is 0 Å². The first-order chi connectivity index (χ1) is 8.51. The average Bonchev–Trinajstić information content (AvgIpc) is 2.77. The van der Waals surface area contributed by atoms with Crippen molar-refractivity contribution in [2.45, 2.75) is 59.0 Å². The van der Waals surface area contributed by atoms with Gasteiger partial charge in [0.25, 0.3) is 5.91 Å². The number of hydrogen-bond acceptors (Lipinski definition) is 2. The molecule has 0 unspecified atom stereocenters. The van der Waals surface area contributed by atoms with Crippen molar-refractivity contribution in [3.8, 4) is 0 Å². The Morgan fingerprint density at radius 3 is 2.28 bits per heavy atom. The Balaban J connectivity index is 2.93. The van der Waals surface area contributed by atoms with Crippen LogP contribution in [0.15, 0.2) is 12.3 Å². The molecule has 1 rings (SSSR count). The van der Waals surface area contributed by atoms with Crippen LogP contribution in [-0.2, 0) is 6.54 Å². The van der Waals surface area contributed by atoms with Crippen LogP contribution in [-0.4, -0.2) is 16.0 Å². The number of aryl methyl sites for hydroxylation is 1. The molecule has 4 nitrogen and oxygen atoms in total. The molecule has 18 heavy (non-hydrogen) atoms. The highest BCUT2D eigenvalue weighted by atomic mass is 16.2. The van der Waals surface area contributed by atoms with Crippen molar-refractivity contribution < 1.29 is 4.79 Å². The molecule has 0 radical (unpaired) electrons. The van der Waals surface area contributed by atoms with Gasteiger partial charge in [0.05, 0.1) is 5.69 Å². The van der Waals surface area contributed by atoms with Gasteiger partial charge in [0.2, 0.25) is 0 Å². The number of aromatic nitrogens is 1. The number of carbonyl (C=O) groups excluding carboxylic acids is 1. The third-order valence-electron chi connectivity index (χ3n) is 3.90. The molecule has 1 aromatic rings. The van der Waals surface area contributed by atoms with Gasteiger partial charge < -0.3 is 15.6 Å². The molecule has 0 aliphatic heterocycles. The number of nitrogen functional groups attached to an aromatic ring is 1. The highest BCUT2D eigenvalue weighted by molar-refractivity contribution is 5.94. The Morgan fingerprint density at radius 1 is 1.28 bits per heavy atom. The monoisotopic (exact) mass is 251 g/mol. The van der Waals surface area contributed by atoms with Gasteiger partial charge in [0, 0.05) is 18.3 Å². The van der Waals surface area contributed by atoms with E-state index >= 15 is 0 Å². The standard InChI is InChI=1S/C14H25N3O/c1-5-14(6-2,7-3)16-13(18)12-9-11(15)10-17(12)8-4/h9-10H,5-8,15H2,1-4H3,(H,16,18). The molecular weight excluding hydrogens is 226 g/mol. The Bertz CT molecular complexity index is 397. The maximum Gasteiger partial charge on any atom is 0.268 e. The molecule has 102 valence electrons. The summed E-state index contributed by atoms with van der Waals surface area (Å²) >= 11 is 0. The Morgan fingerprint density at radius 2 is 1.83 bits per heavy atom. The quantitative estimate of drug-likeness (QED) is 0.816. The maximum absolute atomic E-state index is 12.3. The molecule has 0 aliphatic carbocycles. The molecule has 0 saturated heterocycles. The molecule has 1 aromatic heterocycles. The summed E-state index contributed by atoms with van der Waals surface area (Å²) in [6, 6.07) is 1.74. The largest absolute Gasteiger partial charge is 0.397 e. The molecule has 0 fully saturated rings. The van der Waals surface area contributed by atoms with Crippen LogP contribution >= 0.6 is 0 Å². The van der Waals surface area contributed by atoms with Crippen LogP contribution in [0.25, 0.3) is 0 Å². The van der Waals surface area contributed by atoms with Gasteiger partial charge in [-0.05, 0) is 32.3 Å². The van der Waals surface area contributed by atoms with Gasteiger partial charge in [-0.25, -0.2) is 0 Å². The summed E-state index contributed by atoms with van der Waals surface area (Å²) in [5.74, 6) is -0.0286. The minimum atomic E-state index is -0.102. The Kier molecular flexibility index (Phi) is 4.82. The second-order valence-electron chi connectivity index (χ2n) is 4.74. The summed E-state index contributed by atoms with van der Waals surface area (Å²) in [6.07, 6.45) is 4.62. The fraction of sp³-hybridized carbons (Fsp3) is 0.643. The smallest absolute Gasteiger partial charge is 0.268 e. The average molecular weight is 251 g/mol. The van der Waals surface area contributed by atoms with E-state index < -0.39 is 0 Å². The van der Waals surface area contributed by atoms with Crippen LogP contribution in [0.5, 0.6) is 0 Å². The molecule has 1 amide bonds. The molecule has 3 N–H and O–H groups in total. The van der Waals surface area contributed by atoms with Gasteiger partial charge in [-0.1, -0.05) is 20.8 Å². The number of rotatable bonds is 6. The van der Waals surface area contributed by atoms with Gasteiger partial charge in [0.15, 0.2) is 0 Å². The number of hydrogen-bond donors (Lipinski definition) is 2. The highest BCUT2D eigenvalue weighted by Crippen LogP contribution is 2.20. The second kappa shape index (κ2) is 5.94. The van der Waals surface area contributed by atoms with Crippen LogP contribution in [0, 0.1) is 0 Å². The topological polar surface area (TPSA) is 60.0 Å². The number of amides is 1. The lowest BCUT2D eigenvalue weighted by Gasteiger charge is -2.31. The Hall–Kier alpha value is -1.45. The predicted molar refractivity (Wildman–Crippen MR) is 75.6 cm³/mol. The zero-order valence-corrected chi connectivity index (χ0v) is 11.9. The summed E-state index contributed by atoms with van der Waals surface area (Å²) in [7, 11) is 0. The van der Waals surface area contributed by atoms with Crippen molar-refractivity contribution in [2.75, 3.05) is 5.73 Å². The van der Waals surface area contributed by atoms with Gasteiger partial charge in [-0.2, -0.15) is 0 Å². The number of nitrogens with two attached hydrogens (primary N) is 1. The van der Waals surface area contributed by atoms with E-state index in [4.69, 9.17) is 5.73 Å². The summed E-state index contributed by atoms with van der Waals surface area (Å²) in [5, 5.41) is 3.17. The summed E-state index contributed by atoms with van der Waals surface area (Å²) in [4.78, 5) is 12.3. The maximum atomic E-state index is 12.3. The number of carbonyl (C=O) groups is 1. The number of nitrogens with one attached hydrogen (secondary N) is 1. The zero-order valence-electron chi connectivity index (χ0n) is 11.9. The molecule has 0 aliphatic rings. The lowest BCUT2D eigenvalue weighted by Crippen LogP contribution is -2.47. The number of nitrogens with zero attached hydrogens (tertiary/aromatic N) is 1. The molecule has 0 spiro atoms. The van der Waals surface area contributed by atoms with Crippen LogP contribution in [0.2, 0.25) is 0 Å². The fourth-order valence-corrected chi connectivity index (χ4v) is 2.31. The molecular formula is C14H25N3O. The van der Waals surface area contributed by atoms with Crippen molar-refractivity contribution in [1.82, 2.24) is 9.88 Å². The molecule has 4 heteroatoms. The van der Waals surface area contributed by atoms with Crippen LogP contribution in [0.3, 0.4) is 0 Å². The van der Waals surface area contributed by atoms with E-state index in [1.54, 1.807) is 12.3 Å². The fourth-order valence-electron chi connectivity index (χ4n) is 2.31. The SMILES string of the molecule is CCn1cc(N)cc1C(=O)NC(CC)(CC)CC. The lowest BCUT2D eigenvalue weighted by atomic mass is 9.89. The molecule has 0 aromatic carbocycles. The Labute approximate surface area is 110 Å². The van der Waals surface area contributed by atoms with E-state index in [1.807, 2.05) is 11.5 Å². The molecule has 0 atom stereocenters. The van der Waals surface area contributed by atoms with Crippen molar-refractivity contribution in [2.24, 2.45) is 0 Å². The molecule has 0 saturated carbocycles. The molecule has 1 heterocycles. The first-order valence-electron chi connectivity index (χ1n) is 6.80. The van der Waals surface area contributed by atoms with Crippen LogP contribution < -0.4 is 11.1 Å². The first kappa shape index (κ1) is 14.6. The minimum absolute atomic E-state index is 0.0286. The van der Waals surface area contributed by atoms with E-state index in [-0.39, 0.29) is 11.4 Å². The first-order valence-corrected chi connectivity index (χ1v) is 6.80. The third-order valence-corrected chi connectivity index (χ3v) is 3.90. The summed E-state index contributed by atoms with van der Waals surface area (Å²) < 4.78 is 1.89. The van der Waals surface area contributed by atoms with E-state index in [1.165, 1.54) is 0 Å². The summed E-state index contributed by atoms with van der Waals surface area (Å²) in [5.41, 5.74) is 6.93. The van der Waals surface area contributed by atoms with E-state index in [2.05, 4.69) is 26.1 Å². The van der Waals surface area contributed by atoms with E-state index in [9.17, 15) is 4.79 Å². The third kappa shape index (κ3) is 2.86. The zero-order chi connectivity index (χ0) is 13.8. The van der Waals surface area contributed by atoms with Crippen LogP contribution in [0.1, 0.15) is 57.4 Å². The highest BCUT2D eigenvalue weighted by Gasteiger charge is 2.27. The lowest BCUT2D eigenvalue weighted by molar-refractivity contribution is 0.0878. The van der Waals surface area contributed by atoms with Gasteiger partial charge >= 0.3 is 0 Å². The summed E-state index contributed by atoms with van der Waals surface area (Å²) in [6.45, 7) is 9.09. The van der Waals surface area contributed by atoms with E-state index in [0.29, 0.717) is 11.4 Å². The van der Waals surface area contributed by atoms with Crippen LogP contribution in [0.4, 0.5) is 5.69 Å². The van der Waals surface area contributed by atoms with Crippen molar-refractivity contribution in [1.29, 1.82) is 0 Å². The normalized spacial score (nSPS) is 11.6. The second-order valence-corrected chi connectivity index (χ2v) is 4.74. The van der Waals surface area contributed by atoms with Gasteiger partial charge in [-0.3, -0.25) is 4.79 Å². The van der Waals surface area contributed by atoms with Gasteiger partial charge in [-0.15, -0.1) is 0 Å². The number of anilines is 1. The van der Waals surface area contributed by atoms with E-state index in [0.717, 1.165) is 25.8 Å². The van der Waals surface area contributed by atoms with Gasteiger partial charge in [0.1, 0.15) is 5.69 Å². The predicted octanol–water partition coefficient (Wildman–Crippen LogP) is 2.79. The minimum Gasteiger partial charge on any atom is -0.397 e. The molecule has 0 bridgehead atoms. The van der Waals surface area contributed by atoms with Crippen molar-refractivity contribution >= 4 is 11.6 Å².